The Morgan fingerprint density at radius 2 is 1.92 bits per heavy atom. The number of benzene rings is 1. The number of nitrogens with zero attached hydrogens (tertiary/aromatic N) is 1. The van der Waals surface area contributed by atoms with E-state index in [1.54, 1.807) is 43.0 Å². The van der Waals surface area contributed by atoms with Crippen molar-refractivity contribution in [3.8, 4) is 16.2 Å². The molecule has 0 saturated carbocycles. The van der Waals surface area contributed by atoms with E-state index < -0.39 is 12.2 Å². The van der Waals surface area contributed by atoms with Gasteiger partial charge in [-0.05, 0) is 55.8 Å². The van der Waals surface area contributed by atoms with Crippen LogP contribution >= 0.6 is 11.3 Å². The number of ether oxygens (including phenoxy) is 1. The van der Waals surface area contributed by atoms with Gasteiger partial charge in [0.25, 0.3) is 5.91 Å². The van der Waals surface area contributed by atoms with E-state index in [0.717, 1.165) is 10.4 Å². The van der Waals surface area contributed by atoms with Gasteiger partial charge in [-0.2, -0.15) is 8.78 Å². The van der Waals surface area contributed by atoms with Gasteiger partial charge in [0.05, 0.1) is 4.88 Å². The van der Waals surface area contributed by atoms with E-state index in [1.165, 1.54) is 23.5 Å². The minimum Gasteiger partial charge on any atom is -0.435 e. The Hall–Kier alpha value is -2.48. The lowest BCUT2D eigenvalue weighted by atomic mass is 9.98. The molecule has 5 nitrogen and oxygen atoms in total. The Bertz CT molecular complexity index is 818. The molecule has 26 heavy (non-hydrogen) atoms. The summed E-state index contributed by atoms with van der Waals surface area (Å²) in [5, 5.41) is 2.76. The van der Waals surface area contributed by atoms with Crippen LogP contribution in [0.25, 0.3) is 10.4 Å². The number of amides is 2. The van der Waals surface area contributed by atoms with Crippen molar-refractivity contribution in [3.63, 3.8) is 0 Å². The van der Waals surface area contributed by atoms with E-state index in [0.29, 0.717) is 18.0 Å². The van der Waals surface area contributed by atoms with Crippen molar-refractivity contribution in [2.24, 2.45) is 0 Å². The van der Waals surface area contributed by atoms with Crippen LogP contribution in [0.4, 0.5) is 8.78 Å². The first kappa shape index (κ1) is 18.3. The fourth-order valence-electron chi connectivity index (χ4n) is 2.80. The van der Waals surface area contributed by atoms with Crippen molar-refractivity contribution in [1.82, 2.24) is 10.2 Å². The molecule has 1 fully saturated rings. The van der Waals surface area contributed by atoms with Crippen LogP contribution in [-0.2, 0) is 4.79 Å². The van der Waals surface area contributed by atoms with Crippen LogP contribution in [-0.4, -0.2) is 42.0 Å². The molecule has 1 aromatic heterocycles. The Morgan fingerprint density at radius 3 is 2.58 bits per heavy atom. The second-order valence-electron chi connectivity index (χ2n) is 6.34. The average molecular weight is 380 g/mol. The topological polar surface area (TPSA) is 58.6 Å². The third kappa shape index (κ3) is 3.55. The van der Waals surface area contributed by atoms with Crippen LogP contribution in [0.1, 0.15) is 23.5 Å². The van der Waals surface area contributed by atoms with E-state index in [1.807, 2.05) is 0 Å². The Labute approximate surface area is 153 Å². The zero-order valence-corrected chi connectivity index (χ0v) is 15.1. The van der Waals surface area contributed by atoms with E-state index in [-0.39, 0.29) is 17.6 Å². The van der Waals surface area contributed by atoms with Gasteiger partial charge >= 0.3 is 6.61 Å². The number of carbonyl (C=O) groups excluding carboxylic acids is 2. The SMILES string of the molecule is CC1(C)C(=O)NCCN1C(=O)c1ccc(-c2ccc(OC(F)F)cc2)s1. The maximum absolute atomic E-state index is 12.8. The molecule has 0 unspecified atom stereocenters. The summed E-state index contributed by atoms with van der Waals surface area (Å²) in [7, 11) is 0. The molecule has 2 amide bonds. The summed E-state index contributed by atoms with van der Waals surface area (Å²) in [5.74, 6) is -0.292. The summed E-state index contributed by atoms with van der Waals surface area (Å²) in [6, 6.07) is 9.76. The standard InChI is InChI=1S/C18H18F2N2O3S/c1-18(2)16(24)21-9-10-22(18)15(23)14-8-7-13(26-14)11-3-5-12(6-4-11)25-17(19)20/h3-8,17H,9-10H2,1-2H3,(H,21,24). The summed E-state index contributed by atoms with van der Waals surface area (Å²) in [6.45, 7) is 1.45. The lowest BCUT2D eigenvalue weighted by Gasteiger charge is -2.40. The van der Waals surface area contributed by atoms with E-state index in [4.69, 9.17) is 0 Å². The molecule has 0 aliphatic carbocycles. The molecule has 0 atom stereocenters. The van der Waals surface area contributed by atoms with E-state index in [2.05, 4.69) is 10.1 Å². The van der Waals surface area contributed by atoms with Crippen LogP contribution in [0.5, 0.6) is 5.75 Å². The molecule has 1 aliphatic rings. The van der Waals surface area contributed by atoms with Crippen LogP contribution in [0, 0.1) is 0 Å². The van der Waals surface area contributed by atoms with Crippen molar-refractivity contribution in [1.29, 1.82) is 0 Å². The highest BCUT2D eigenvalue weighted by Crippen LogP contribution is 2.31. The number of carbonyl (C=O) groups is 2. The fraction of sp³-hybridized carbons (Fsp3) is 0.333. The van der Waals surface area contributed by atoms with Crippen molar-refractivity contribution in [2.45, 2.75) is 26.0 Å². The average Bonchev–Trinajstić information content (AvgIpc) is 3.07. The number of nitrogens with one attached hydrogen (secondary N) is 1. The minimum atomic E-state index is -2.86. The van der Waals surface area contributed by atoms with Gasteiger partial charge in [0.1, 0.15) is 11.3 Å². The van der Waals surface area contributed by atoms with E-state index >= 15 is 0 Å². The van der Waals surface area contributed by atoms with E-state index in [9.17, 15) is 18.4 Å². The molecule has 0 radical (unpaired) electrons. The molecule has 8 heteroatoms. The third-order valence-electron chi connectivity index (χ3n) is 4.28. The second kappa shape index (κ2) is 7.03. The molecular weight excluding hydrogens is 362 g/mol. The first-order chi connectivity index (χ1) is 12.3. The maximum atomic E-state index is 12.8. The summed E-state index contributed by atoms with van der Waals surface area (Å²) < 4.78 is 28.8. The van der Waals surface area contributed by atoms with Gasteiger partial charge < -0.3 is 15.0 Å². The van der Waals surface area contributed by atoms with Crippen molar-refractivity contribution in [3.05, 3.63) is 41.3 Å². The quantitative estimate of drug-likeness (QED) is 0.885. The molecule has 1 aliphatic heterocycles. The monoisotopic (exact) mass is 380 g/mol. The largest absolute Gasteiger partial charge is 0.435 e. The Kier molecular flexibility index (Phi) is 4.95. The number of thiophene rings is 1. The smallest absolute Gasteiger partial charge is 0.387 e. The first-order valence-electron chi connectivity index (χ1n) is 8.04. The van der Waals surface area contributed by atoms with Crippen LogP contribution in [0.3, 0.4) is 0 Å². The van der Waals surface area contributed by atoms with Gasteiger partial charge in [-0.25, -0.2) is 0 Å². The van der Waals surface area contributed by atoms with Crippen molar-refractivity contribution < 1.29 is 23.1 Å². The molecule has 1 aromatic carbocycles. The molecule has 2 aromatic rings. The number of hydrogen-bond donors (Lipinski definition) is 1. The summed E-state index contributed by atoms with van der Waals surface area (Å²) in [5.41, 5.74) is -0.111. The summed E-state index contributed by atoms with van der Waals surface area (Å²) in [6.07, 6.45) is 0. The predicted molar refractivity (Wildman–Crippen MR) is 94.5 cm³/mol. The number of alkyl halides is 2. The number of halogens is 2. The van der Waals surface area contributed by atoms with Gasteiger partial charge in [0.15, 0.2) is 0 Å². The van der Waals surface area contributed by atoms with Crippen LogP contribution < -0.4 is 10.1 Å². The van der Waals surface area contributed by atoms with Crippen molar-refractivity contribution >= 4 is 23.2 Å². The highest BCUT2D eigenvalue weighted by atomic mass is 32.1. The van der Waals surface area contributed by atoms with Crippen LogP contribution in [0.2, 0.25) is 0 Å². The lowest BCUT2D eigenvalue weighted by molar-refractivity contribution is -0.133. The Balaban J connectivity index is 1.79. The second-order valence-corrected chi connectivity index (χ2v) is 7.42. The molecule has 1 saturated heterocycles. The first-order valence-corrected chi connectivity index (χ1v) is 8.86. The third-order valence-corrected chi connectivity index (χ3v) is 5.40. The summed E-state index contributed by atoms with van der Waals surface area (Å²) >= 11 is 1.30. The van der Waals surface area contributed by atoms with Crippen LogP contribution in [0.15, 0.2) is 36.4 Å². The molecule has 2 heterocycles. The highest BCUT2D eigenvalue weighted by Gasteiger charge is 2.41. The molecular formula is C18H18F2N2O3S. The maximum Gasteiger partial charge on any atom is 0.387 e. The normalized spacial score (nSPS) is 16.5. The molecule has 3 rings (SSSR count). The Morgan fingerprint density at radius 1 is 1.23 bits per heavy atom. The lowest BCUT2D eigenvalue weighted by Crippen LogP contribution is -2.63. The number of rotatable bonds is 4. The highest BCUT2D eigenvalue weighted by molar-refractivity contribution is 7.17. The molecule has 0 bridgehead atoms. The van der Waals surface area contributed by atoms with Gasteiger partial charge in [0, 0.05) is 18.0 Å². The number of hydrogen-bond acceptors (Lipinski definition) is 4. The van der Waals surface area contributed by atoms with Gasteiger partial charge in [-0.1, -0.05) is 0 Å². The zero-order valence-electron chi connectivity index (χ0n) is 14.3. The predicted octanol–water partition coefficient (Wildman–Crippen LogP) is 3.37. The van der Waals surface area contributed by atoms with Gasteiger partial charge in [-0.3, -0.25) is 9.59 Å². The molecule has 138 valence electrons. The fourth-order valence-corrected chi connectivity index (χ4v) is 3.76. The van der Waals surface area contributed by atoms with Gasteiger partial charge in [0.2, 0.25) is 5.91 Å². The molecule has 0 spiro atoms. The zero-order chi connectivity index (χ0) is 18.9. The number of piperazine rings is 1. The molecule has 1 N–H and O–H groups in total. The van der Waals surface area contributed by atoms with Gasteiger partial charge in [-0.15, -0.1) is 11.3 Å². The summed E-state index contributed by atoms with van der Waals surface area (Å²) in [4.78, 5) is 27.8. The minimum absolute atomic E-state index is 0.0812. The van der Waals surface area contributed by atoms with Crippen molar-refractivity contribution in [2.75, 3.05) is 13.1 Å².